The van der Waals surface area contributed by atoms with Crippen molar-refractivity contribution >= 4 is 27.5 Å². The number of ether oxygens (including phenoxy) is 1. The van der Waals surface area contributed by atoms with E-state index in [1.165, 1.54) is 7.11 Å². The van der Waals surface area contributed by atoms with Crippen molar-refractivity contribution in [2.45, 2.75) is 12.6 Å². The number of aromatic nitrogens is 3. The summed E-state index contributed by atoms with van der Waals surface area (Å²) in [6.07, 6.45) is -4.14. The number of halogens is 4. The molecular formula is C23H18BrF3N4O2. The fourth-order valence-corrected chi connectivity index (χ4v) is 3.81. The lowest BCUT2D eigenvalue weighted by molar-refractivity contribution is -0.142. The maximum atomic E-state index is 13.8. The Bertz CT molecular complexity index is 1290. The van der Waals surface area contributed by atoms with Crippen LogP contribution in [0.4, 0.5) is 13.2 Å². The first-order chi connectivity index (χ1) is 15.8. The number of hydrogen-bond acceptors (Lipinski definition) is 4. The van der Waals surface area contributed by atoms with Crippen LogP contribution in [0.3, 0.4) is 0 Å². The van der Waals surface area contributed by atoms with Gasteiger partial charge in [0.25, 0.3) is 5.91 Å². The molecule has 1 amide bonds. The first-order valence-electron chi connectivity index (χ1n) is 9.91. The van der Waals surface area contributed by atoms with E-state index in [1.54, 1.807) is 24.3 Å². The second-order valence-electron chi connectivity index (χ2n) is 7.14. The average Bonchev–Trinajstić information content (AvgIpc) is 3.15. The average molecular weight is 519 g/mol. The predicted molar refractivity (Wildman–Crippen MR) is 120 cm³/mol. The molecular weight excluding hydrogens is 501 g/mol. The topological polar surface area (TPSA) is 68.5 Å². The van der Waals surface area contributed by atoms with Gasteiger partial charge in [0.2, 0.25) is 0 Å². The van der Waals surface area contributed by atoms with E-state index in [0.717, 1.165) is 11.6 Å². The molecule has 2 aromatic carbocycles. The van der Waals surface area contributed by atoms with E-state index in [-0.39, 0.29) is 21.5 Å². The van der Waals surface area contributed by atoms with E-state index in [4.69, 9.17) is 4.74 Å². The lowest BCUT2D eigenvalue weighted by Gasteiger charge is -2.11. The molecule has 0 saturated carbocycles. The number of hydrogen-bond donors (Lipinski definition) is 1. The largest absolute Gasteiger partial charge is 0.497 e. The molecule has 170 valence electrons. The molecule has 4 rings (SSSR count). The van der Waals surface area contributed by atoms with E-state index >= 15 is 0 Å². The maximum absolute atomic E-state index is 13.8. The third kappa shape index (κ3) is 4.85. The van der Waals surface area contributed by atoms with Gasteiger partial charge in [-0.3, -0.25) is 4.79 Å². The highest BCUT2D eigenvalue weighted by atomic mass is 79.9. The van der Waals surface area contributed by atoms with Gasteiger partial charge in [0.05, 0.1) is 17.3 Å². The lowest BCUT2D eigenvalue weighted by atomic mass is 10.1. The number of fused-ring (bicyclic) bond motifs is 1. The molecule has 0 radical (unpaired) electrons. The standard InChI is InChI=1S/C23H18BrF3N4O2/c1-33-16-9-7-15(8-10-16)17-13-18(23(25,26)27)31-21(29-17)19(24)20(30-31)22(32)28-12-11-14-5-3-2-4-6-14/h2-10,13H,11-12H2,1H3,(H,28,32). The molecule has 10 heteroatoms. The molecule has 0 fully saturated rings. The van der Waals surface area contributed by atoms with Gasteiger partial charge in [-0.25, -0.2) is 9.50 Å². The number of nitrogens with zero attached hydrogens (tertiary/aromatic N) is 3. The number of amides is 1. The minimum atomic E-state index is -4.71. The Hall–Kier alpha value is -3.40. The van der Waals surface area contributed by atoms with Crippen LogP contribution in [0.25, 0.3) is 16.9 Å². The molecule has 0 aliphatic heterocycles. The molecule has 33 heavy (non-hydrogen) atoms. The van der Waals surface area contributed by atoms with Crippen LogP contribution in [-0.2, 0) is 12.6 Å². The molecule has 0 saturated heterocycles. The molecule has 2 heterocycles. The summed E-state index contributed by atoms with van der Waals surface area (Å²) >= 11 is 3.23. The number of methoxy groups -OCH3 is 1. The van der Waals surface area contributed by atoms with Gasteiger partial charge in [-0.05, 0) is 58.2 Å². The van der Waals surface area contributed by atoms with Gasteiger partial charge in [0.15, 0.2) is 17.0 Å². The van der Waals surface area contributed by atoms with Gasteiger partial charge >= 0.3 is 6.18 Å². The Morgan fingerprint density at radius 3 is 2.45 bits per heavy atom. The Morgan fingerprint density at radius 2 is 1.82 bits per heavy atom. The van der Waals surface area contributed by atoms with Gasteiger partial charge in [0, 0.05) is 12.1 Å². The van der Waals surface area contributed by atoms with Crippen LogP contribution in [0, 0.1) is 0 Å². The molecule has 0 spiro atoms. The van der Waals surface area contributed by atoms with Crippen molar-refractivity contribution in [1.82, 2.24) is 19.9 Å². The Balaban J connectivity index is 1.69. The van der Waals surface area contributed by atoms with Crippen LogP contribution in [-0.4, -0.2) is 34.2 Å². The Labute approximate surface area is 195 Å². The number of carbonyl (C=O) groups excluding carboxylic acids is 1. The summed E-state index contributed by atoms with van der Waals surface area (Å²) < 4.78 is 47.3. The van der Waals surface area contributed by atoms with Gasteiger partial charge in [-0.2, -0.15) is 18.3 Å². The third-order valence-corrected chi connectivity index (χ3v) is 5.70. The summed E-state index contributed by atoms with van der Waals surface area (Å²) in [5, 5.41) is 6.62. The minimum Gasteiger partial charge on any atom is -0.497 e. The first kappa shape index (κ1) is 22.8. The molecule has 4 aromatic rings. The number of nitrogens with one attached hydrogen (secondary N) is 1. The van der Waals surface area contributed by atoms with Gasteiger partial charge in [0.1, 0.15) is 5.75 Å². The molecule has 2 aromatic heterocycles. The van der Waals surface area contributed by atoms with Crippen LogP contribution in [0.1, 0.15) is 21.7 Å². The second-order valence-corrected chi connectivity index (χ2v) is 7.94. The number of rotatable bonds is 6. The van der Waals surface area contributed by atoms with Crippen LogP contribution >= 0.6 is 15.9 Å². The van der Waals surface area contributed by atoms with Crippen molar-refractivity contribution < 1.29 is 22.7 Å². The van der Waals surface area contributed by atoms with E-state index in [9.17, 15) is 18.0 Å². The molecule has 0 unspecified atom stereocenters. The first-order valence-corrected chi connectivity index (χ1v) is 10.7. The molecule has 1 N–H and O–H groups in total. The third-order valence-electron chi connectivity index (χ3n) is 4.97. The minimum absolute atomic E-state index is 0.0839. The summed E-state index contributed by atoms with van der Waals surface area (Å²) in [6.45, 7) is 0.305. The fourth-order valence-electron chi connectivity index (χ4n) is 3.30. The van der Waals surface area contributed by atoms with Crippen molar-refractivity contribution in [3.05, 3.63) is 82.1 Å². The van der Waals surface area contributed by atoms with Crippen molar-refractivity contribution in [1.29, 1.82) is 0 Å². The molecule has 0 aliphatic carbocycles. The summed E-state index contributed by atoms with van der Waals surface area (Å²) in [7, 11) is 1.50. The second kappa shape index (κ2) is 9.22. The molecule has 0 atom stereocenters. The van der Waals surface area contributed by atoms with E-state index in [1.807, 2.05) is 30.3 Å². The van der Waals surface area contributed by atoms with Crippen LogP contribution in [0.5, 0.6) is 5.75 Å². The SMILES string of the molecule is COc1ccc(-c2cc(C(F)(F)F)n3nc(C(=O)NCCc4ccccc4)c(Br)c3n2)cc1. The Kier molecular flexibility index (Phi) is 6.37. The number of carbonyl (C=O) groups is 1. The van der Waals surface area contributed by atoms with Crippen molar-refractivity contribution in [3.63, 3.8) is 0 Å². The van der Waals surface area contributed by atoms with Crippen LogP contribution in [0.2, 0.25) is 0 Å². The van der Waals surface area contributed by atoms with Crippen molar-refractivity contribution in [3.8, 4) is 17.0 Å². The zero-order valence-corrected chi connectivity index (χ0v) is 18.9. The predicted octanol–water partition coefficient (Wildman–Crippen LogP) is 5.16. The quantitative estimate of drug-likeness (QED) is 0.382. The van der Waals surface area contributed by atoms with E-state index < -0.39 is 17.8 Å². The van der Waals surface area contributed by atoms with Gasteiger partial charge < -0.3 is 10.1 Å². The highest BCUT2D eigenvalue weighted by Gasteiger charge is 2.36. The summed E-state index contributed by atoms with van der Waals surface area (Å²) in [4.78, 5) is 17.0. The van der Waals surface area contributed by atoms with Gasteiger partial charge in [-0.1, -0.05) is 30.3 Å². The highest BCUT2D eigenvalue weighted by molar-refractivity contribution is 9.10. The zero-order valence-electron chi connectivity index (χ0n) is 17.4. The molecule has 0 bridgehead atoms. The summed E-state index contributed by atoms with van der Waals surface area (Å²) in [6, 6.07) is 16.9. The van der Waals surface area contributed by atoms with Crippen LogP contribution < -0.4 is 10.1 Å². The van der Waals surface area contributed by atoms with Crippen LogP contribution in [0.15, 0.2) is 65.1 Å². The Morgan fingerprint density at radius 1 is 1.12 bits per heavy atom. The molecule has 0 aliphatic rings. The summed E-state index contributed by atoms with van der Waals surface area (Å²) in [5.74, 6) is -0.0294. The van der Waals surface area contributed by atoms with Crippen molar-refractivity contribution in [2.75, 3.05) is 13.7 Å². The number of benzene rings is 2. The highest BCUT2D eigenvalue weighted by Crippen LogP contribution is 2.35. The normalized spacial score (nSPS) is 11.5. The van der Waals surface area contributed by atoms with E-state index in [0.29, 0.717) is 28.8 Å². The van der Waals surface area contributed by atoms with Gasteiger partial charge in [-0.15, -0.1) is 0 Å². The smallest absolute Gasteiger partial charge is 0.433 e. The monoisotopic (exact) mass is 518 g/mol. The number of alkyl halides is 3. The van der Waals surface area contributed by atoms with Crippen molar-refractivity contribution in [2.24, 2.45) is 0 Å². The zero-order chi connectivity index (χ0) is 23.6. The fraction of sp³-hybridized carbons (Fsp3) is 0.174. The molecule has 6 nitrogen and oxygen atoms in total. The maximum Gasteiger partial charge on any atom is 0.433 e. The lowest BCUT2D eigenvalue weighted by Crippen LogP contribution is -2.26. The van der Waals surface area contributed by atoms with E-state index in [2.05, 4.69) is 31.3 Å². The summed E-state index contributed by atoms with van der Waals surface area (Å²) in [5.41, 5.74) is 0.260.